The van der Waals surface area contributed by atoms with Crippen molar-refractivity contribution >= 4 is 21.6 Å². The number of anilines is 1. The van der Waals surface area contributed by atoms with Gasteiger partial charge in [0, 0.05) is 5.92 Å². The highest BCUT2D eigenvalue weighted by molar-refractivity contribution is 9.10. The first-order chi connectivity index (χ1) is 7.84. The molecule has 0 amide bonds. The van der Waals surface area contributed by atoms with Crippen molar-refractivity contribution in [2.24, 2.45) is 5.92 Å². The van der Waals surface area contributed by atoms with Crippen molar-refractivity contribution in [2.45, 2.75) is 12.6 Å². The van der Waals surface area contributed by atoms with Crippen LogP contribution in [0.25, 0.3) is 0 Å². The number of benzene rings is 1. The lowest BCUT2D eigenvalue weighted by Gasteiger charge is -2.20. The predicted molar refractivity (Wildman–Crippen MR) is 68.6 cm³/mol. The minimum absolute atomic E-state index is 0.0508. The van der Waals surface area contributed by atoms with Gasteiger partial charge in [-0.3, -0.25) is 0 Å². The molecule has 0 radical (unpaired) electrons. The van der Waals surface area contributed by atoms with E-state index in [1.165, 1.54) is 0 Å². The molecule has 0 bridgehead atoms. The summed E-state index contributed by atoms with van der Waals surface area (Å²) in [6.45, 7) is 0. The molecular weight excluding hydrogens is 266 g/mol. The van der Waals surface area contributed by atoms with Crippen LogP contribution < -0.4 is 10.1 Å². The maximum atomic E-state index is 5.93. The van der Waals surface area contributed by atoms with Gasteiger partial charge < -0.3 is 10.1 Å². The molecule has 2 atom stereocenters. The van der Waals surface area contributed by atoms with Crippen LogP contribution in [0.4, 0.5) is 5.69 Å². The quantitative estimate of drug-likeness (QED) is 0.845. The first-order valence-corrected chi connectivity index (χ1v) is 6.19. The molecule has 1 aromatic carbocycles. The van der Waals surface area contributed by atoms with E-state index in [9.17, 15) is 0 Å². The van der Waals surface area contributed by atoms with Gasteiger partial charge >= 0.3 is 0 Å². The Kier molecular flexibility index (Phi) is 2.48. The third kappa shape index (κ3) is 1.65. The summed E-state index contributed by atoms with van der Waals surface area (Å²) in [5, 5.41) is 3.41. The molecule has 16 heavy (non-hydrogen) atoms. The normalized spacial score (nSPS) is 26.1. The predicted octanol–water partition coefficient (Wildman–Crippen LogP) is 3.71. The molecule has 3 heteroatoms. The Morgan fingerprint density at radius 1 is 1.31 bits per heavy atom. The third-order valence-electron chi connectivity index (χ3n) is 2.91. The Balaban J connectivity index is 1.83. The summed E-state index contributed by atoms with van der Waals surface area (Å²) < 4.78 is 6.94. The van der Waals surface area contributed by atoms with E-state index < -0.39 is 0 Å². The van der Waals surface area contributed by atoms with Crippen LogP contribution in [-0.4, -0.2) is 6.23 Å². The zero-order chi connectivity index (χ0) is 11.0. The van der Waals surface area contributed by atoms with Gasteiger partial charge in [-0.1, -0.05) is 30.4 Å². The van der Waals surface area contributed by atoms with Crippen molar-refractivity contribution in [3.63, 3.8) is 0 Å². The molecule has 0 aromatic heterocycles. The van der Waals surface area contributed by atoms with Gasteiger partial charge in [0.2, 0.25) is 0 Å². The molecular formula is C13H12BrNO. The van der Waals surface area contributed by atoms with E-state index in [-0.39, 0.29) is 6.23 Å². The smallest absolute Gasteiger partial charge is 0.176 e. The average molecular weight is 278 g/mol. The Morgan fingerprint density at radius 3 is 3.00 bits per heavy atom. The van der Waals surface area contributed by atoms with E-state index in [1.807, 2.05) is 18.2 Å². The first-order valence-electron chi connectivity index (χ1n) is 5.39. The molecule has 1 N–H and O–H groups in total. The van der Waals surface area contributed by atoms with Crippen molar-refractivity contribution in [1.82, 2.24) is 0 Å². The van der Waals surface area contributed by atoms with E-state index in [4.69, 9.17) is 4.74 Å². The van der Waals surface area contributed by atoms with E-state index in [0.717, 1.165) is 22.3 Å². The molecule has 2 aliphatic rings. The lowest BCUT2D eigenvalue weighted by molar-refractivity contribution is 0.203. The van der Waals surface area contributed by atoms with Gasteiger partial charge in [0.1, 0.15) is 0 Å². The van der Waals surface area contributed by atoms with E-state index in [1.54, 1.807) is 0 Å². The maximum Gasteiger partial charge on any atom is 0.176 e. The summed E-state index contributed by atoms with van der Waals surface area (Å²) in [5.74, 6) is 1.33. The van der Waals surface area contributed by atoms with Gasteiger partial charge in [-0.2, -0.15) is 0 Å². The number of hydrogen-bond donors (Lipinski definition) is 1. The molecule has 1 aromatic rings. The SMILES string of the molecule is Brc1cccc2c1OC(C1C=CC=CC1)N2. The van der Waals surface area contributed by atoms with E-state index in [0.29, 0.717) is 5.92 Å². The fourth-order valence-corrected chi connectivity index (χ4v) is 2.53. The van der Waals surface area contributed by atoms with Crippen LogP contribution in [0.15, 0.2) is 47.0 Å². The largest absolute Gasteiger partial charge is 0.467 e. The molecule has 0 spiro atoms. The van der Waals surface area contributed by atoms with Crippen molar-refractivity contribution in [3.8, 4) is 5.75 Å². The molecule has 1 aliphatic heterocycles. The lowest BCUT2D eigenvalue weighted by Crippen LogP contribution is -2.29. The zero-order valence-electron chi connectivity index (χ0n) is 8.69. The molecule has 0 saturated carbocycles. The van der Waals surface area contributed by atoms with E-state index in [2.05, 4.69) is 45.6 Å². The summed E-state index contributed by atoms with van der Waals surface area (Å²) in [4.78, 5) is 0. The molecule has 82 valence electrons. The number of hydrogen-bond acceptors (Lipinski definition) is 2. The number of allylic oxidation sites excluding steroid dienone is 3. The zero-order valence-corrected chi connectivity index (χ0v) is 10.3. The molecule has 1 aliphatic carbocycles. The van der Waals surface area contributed by atoms with Crippen molar-refractivity contribution < 1.29 is 4.74 Å². The monoisotopic (exact) mass is 277 g/mol. The molecule has 2 nitrogen and oxygen atoms in total. The second-order valence-electron chi connectivity index (χ2n) is 4.01. The Labute approximate surface area is 103 Å². The highest BCUT2D eigenvalue weighted by Crippen LogP contribution is 2.40. The van der Waals surface area contributed by atoms with Crippen LogP contribution in [0.1, 0.15) is 6.42 Å². The van der Waals surface area contributed by atoms with Crippen molar-refractivity contribution in [3.05, 3.63) is 47.0 Å². The third-order valence-corrected chi connectivity index (χ3v) is 3.54. The lowest BCUT2D eigenvalue weighted by atomic mass is 9.99. The number of halogens is 1. The molecule has 0 fully saturated rings. The van der Waals surface area contributed by atoms with Crippen LogP contribution >= 0.6 is 15.9 Å². The topological polar surface area (TPSA) is 21.3 Å². The first kappa shape index (κ1) is 9.97. The van der Waals surface area contributed by atoms with Gasteiger partial charge in [-0.25, -0.2) is 0 Å². The fraction of sp³-hybridized carbons (Fsp3) is 0.231. The minimum Gasteiger partial charge on any atom is -0.467 e. The Morgan fingerprint density at radius 2 is 2.25 bits per heavy atom. The Hall–Kier alpha value is -1.22. The van der Waals surface area contributed by atoms with Gasteiger partial charge in [-0.15, -0.1) is 0 Å². The van der Waals surface area contributed by atoms with E-state index >= 15 is 0 Å². The van der Waals surface area contributed by atoms with Gasteiger partial charge in [-0.05, 0) is 34.5 Å². The van der Waals surface area contributed by atoms with Crippen LogP contribution in [0.2, 0.25) is 0 Å². The summed E-state index contributed by atoms with van der Waals surface area (Å²) in [5.41, 5.74) is 1.07. The Bertz CT molecular complexity index is 467. The highest BCUT2D eigenvalue weighted by Gasteiger charge is 2.29. The summed E-state index contributed by atoms with van der Waals surface area (Å²) in [6, 6.07) is 6.06. The van der Waals surface area contributed by atoms with Gasteiger partial charge in [0.05, 0.1) is 10.2 Å². The van der Waals surface area contributed by atoms with Crippen LogP contribution in [0.5, 0.6) is 5.75 Å². The number of nitrogens with one attached hydrogen (secondary N) is 1. The minimum atomic E-state index is 0.0508. The van der Waals surface area contributed by atoms with Crippen LogP contribution in [0.3, 0.4) is 0 Å². The summed E-state index contributed by atoms with van der Waals surface area (Å²) >= 11 is 3.50. The van der Waals surface area contributed by atoms with Crippen LogP contribution in [-0.2, 0) is 0 Å². The standard InChI is InChI=1S/C13H12BrNO/c14-10-7-4-8-11-12(10)16-13(15-11)9-5-2-1-3-6-9/h1-5,7-9,13,15H,6H2. The van der Waals surface area contributed by atoms with Gasteiger partial charge in [0.15, 0.2) is 12.0 Å². The highest BCUT2D eigenvalue weighted by atomic mass is 79.9. The van der Waals surface area contributed by atoms with Crippen molar-refractivity contribution in [2.75, 3.05) is 5.32 Å². The second kappa shape index (κ2) is 3.98. The molecule has 0 saturated heterocycles. The summed E-state index contributed by atoms with van der Waals surface area (Å²) in [7, 11) is 0. The number of para-hydroxylation sites is 1. The van der Waals surface area contributed by atoms with Crippen LogP contribution in [0, 0.1) is 5.92 Å². The van der Waals surface area contributed by atoms with Crippen molar-refractivity contribution in [1.29, 1.82) is 0 Å². The molecule has 1 heterocycles. The molecule has 3 rings (SSSR count). The van der Waals surface area contributed by atoms with Gasteiger partial charge in [0.25, 0.3) is 0 Å². The fourth-order valence-electron chi connectivity index (χ4n) is 2.07. The molecule has 2 unspecified atom stereocenters. The average Bonchev–Trinajstić information content (AvgIpc) is 2.76. The number of rotatable bonds is 1. The number of ether oxygens (including phenoxy) is 1. The second-order valence-corrected chi connectivity index (χ2v) is 4.87. The summed E-state index contributed by atoms with van der Waals surface area (Å²) in [6.07, 6.45) is 9.60. The maximum absolute atomic E-state index is 5.93. The number of fused-ring (bicyclic) bond motifs is 1.